The topological polar surface area (TPSA) is 90.3 Å². The van der Waals surface area contributed by atoms with E-state index in [9.17, 15) is 4.79 Å². The number of hydrogen-bond donors (Lipinski definition) is 0. The molecule has 0 aliphatic carbocycles. The number of para-hydroxylation sites is 1. The first-order chi connectivity index (χ1) is 13.1. The Morgan fingerprint density at radius 3 is 2.81 bits per heavy atom. The van der Waals surface area contributed by atoms with Crippen molar-refractivity contribution in [1.82, 2.24) is 34.2 Å². The number of aromatic nitrogens is 7. The Labute approximate surface area is 160 Å². The maximum atomic E-state index is 12.0. The number of rotatable bonds is 3. The van der Waals surface area contributed by atoms with Crippen molar-refractivity contribution < 1.29 is 0 Å². The maximum Gasteiger partial charge on any atom is 0.275 e. The van der Waals surface area contributed by atoms with Gasteiger partial charge in [-0.15, -0.1) is 5.10 Å². The molecule has 0 atom stereocenters. The number of fused-ring (bicyclic) bond motifs is 4. The summed E-state index contributed by atoms with van der Waals surface area (Å²) >= 11 is 2.92. The van der Waals surface area contributed by atoms with Gasteiger partial charge in [0.1, 0.15) is 10.8 Å². The van der Waals surface area contributed by atoms with Gasteiger partial charge in [0, 0.05) is 17.1 Å². The van der Waals surface area contributed by atoms with Crippen LogP contribution in [0.15, 0.2) is 40.3 Å². The van der Waals surface area contributed by atoms with Crippen LogP contribution in [0.5, 0.6) is 0 Å². The van der Waals surface area contributed by atoms with Gasteiger partial charge in [-0.3, -0.25) is 4.79 Å². The first-order valence-electron chi connectivity index (χ1n) is 8.20. The molecule has 5 rings (SSSR count). The summed E-state index contributed by atoms with van der Waals surface area (Å²) in [7, 11) is 0. The van der Waals surface area contributed by atoms with Crippen LogP contribution in [-0.2, 0) is 5.75 Å². The van der Waals surface area contributed by atoms with Gasteiger partial charge in [0.05, 0.1) is 11.3 Å². The van der Waals surface area contributed by atoms with Crippen molar-refractivity contribution >= 4 is 44.6 Å². The molecule has 5 aromatic rings. The lowest BCUT2D eigenvalue weighted by molar-refractivity contribution is 0.796. The summed E-state index contributed by atoms with van der Waals surface area (Å²) in [5, 5.41) is 11.4. The zero-order valence-electron chi connectivity index (χ0n) is 14.4. The van der Waals surface area contributed by atoms with Gasteiger partial charge in [-0.2, -0.15) is 14.1 Å². The Morgan fingerprint density at radius 1 is 1.07 bits per heavy atom. The molecule has 134 valence electrons. The molecule has 0 unspecified atom stereocenters. The Hall–Kier alpha value is -2.85. The third kappa shape index (κ3) is 2.77. The van der Waals surface area contributed by atoms with Crippen molar-refractivity contribution in [3.05, 3.63) is 57.2 Å². The first kappa shape index (κ1) is 16.3. The maximum absolute atomic E-state index is 12.0. The molecule has 4 heterocycles. The molecule has 0 aliphatic rings. The van der Waals surface area contributed by atoms with Crippen LogP contribution in [-0.4, -0.2) is 34.2 Å². The van der Waals surface area contributed by atoms with E-state index >= 15 is 0 Å². The number of aryl methyl sites for hydroxylation is 2. The molecular formula is C17H13N7OS2. The van der Waals surface area contributed by atoms with Crippen LogP contribution in [0.1, 0.15) is 16.5 Å². The van der Waals surface area contributed by atoms with Crippen molar-refractivity contribution in [3.63, 3.8) is 0 Å². The fourth-order valence-corrected chi connectivity index (χ4v) is 4.75. The summed E-state index contributed by atoms with van der Waals surface area (Å²) in [6.45, 7) is 3.67. The van der Waals surface area contributed by atoms with Gasteiger partial charge in [0.2, 0.25) is 4.96 Å². The van der Waals surface area contributed by atoms with Crippen molar-refractivity contribution in [1.29, 1.82) is 0 Å². The zero-order valence-corrected chi connectivity index (χ0v) is 16.1. The smallest absolute Gasteiger partial charge is 0.267 e. The van der Waals surface area contributed by atoms with Gasteiger partial charge >= 0.3 is 0 Å². The summed E-state index contributed by atoms with van der Waals surface area (Å²) < 4.78 is 3.11. The highest BCUT2D eigenvalue weighted by molar-refractivity contribution is 7.98. The largest absolute Gasteiger partial charge is 0.275 e. The molecule has 0 spiro atoms. The number of hydrogen-bond acceptors (Lipinski definition) is 8. The average molecular weight is 395 g/mol. The molecule has 0 saturated carbocycles. The number of nitrogens with zero attached hydrogens (tertiary/aromatic N) is 7. The van der Waals surface area contributed by atoms with Crippen LogP contribution in [0.2, 0.25) is 0 Å². The second-order valence-corrected chi connectivity index (χ2v) is 8.00. The molecule has 8 nitrogen and oxygen atoms in total. The molecule has 4 aromatic heterocycles. The lowest BCUT2D eigenvalue weighted by Crippen LogP contribution is -2.14. The van der Waals surface area contributed by atoms with Crippen LogP contribution >= 0.6 is 23.1 Å². The fraction of sp³-hybridized carbons (Fsp3) is 0.176. The van der Waals surface area contributed by atoms with E-state index in [-0.39, 0.29) is 5.56 Å². The number of thioether (sulfide) groups is 1. The van der Waals surface area contributed by atoms with Gasteiger partial charge in [-0.05, 0) is 26.0 Å². The summed E-state index contributed by atoms with van der Waals surface area (Å²) in [6.07, 6.45) is 0. The van der Waals surface area contributed by atoms with Crippen LogP contribution in [0, 0.1) is 13.8 Å². The quantitative estimate of drug-likeness (QED) is 0.343. The Bertz CT molecular complexity index is 1390. The molecule has 0 aliphatic heterocycles. The molecule has 10 heteroatoms. The van der Waals surface area contributed by atoms with Crippen molar-refractivity contribution in [2.24, 2.45) is 0 Å². The summed E-state index contributed by atoms with van der Waals surface area (Å²) in [5.74, 6) is 1.26. The van der Waals surface area contributed by atoms with E-state index in [1.54, 1.807) is 11.4 Å². The molecule has 27 heavy (non-hydrogen) atoms. The Morgan fingerprint density at radius 2 is 1.93 bits per heavy atom. The molecule has 0 bridgehead atoms. The van der Waals surface area contributed by atoms with Gasteiger partial charge in [-0.25, -0.2) is 15.0 Å². The highest BCUT2D eigenvalue weighted by Crippen LogP contribution is 2.27. The fourth-order valence-electron chi connectivity index (χ4n) is 2.87. The Balaban J connectivity index is 1.56. The van der Waals surface area contributed by atoms with Crippen molar-refractivity contribution in [2.75, 3.05) is 0 Å². The van der Waals surface area contributed by atoms with Crippen LogP contribution in [0.4, 0.5) is 0 Å². The summed E-state index contributed by atoms with van der Waals surface area (Å²) in [4.78, 5) is 26.3. The minimum atomic E-state index is -0.164. The van der Waals surface area contributed by atoms with Gasteiger partial charge in [-0.1, -0.05) is 35.2 Å². The minimum absolute atomic E-state index is 0.164. The van der Waals surface area contributed by atoms with E-state index in [1.807, 2.05) is 31.2 Å². The van der Waals surface area contributed by atoms with Gasteiger partial charge < -0.3 is 0 Å². The highest BCUT2D eigenvalue weighted by atomic mass is 32.2. The SMILES string of the molecule is Cc1cc(=O)n2nc(CSc3nc4ccccc4c4nc(C)nn34)sc2n1. The van der Waals surface area contributed by atoms with Crippen LogP contribution in [0.25, 0.3) is 21.5 Å². The van der Waals surface area contributed by atoms with E-state index in [0.29, 0.717) is 22.2 Å². The predicted molar refractivity (Wildman–Crippen MR) is 104 cm³/mol. The summed E-state index contributed by atoms with van der Waals surface area (Å²) in [5.41, 5.74) is 2.19. The number of benzene rings is 1. The lowest BCUT2D eigenvalue weighted by Gasteiger charge is -2.04. The predicted octanol–water partition coefficient (Wildman–Crippen LogP) is 2.65. The van der Waals surface area contributed by atoms with E-state index < -0.39 is 0 Å². The monoisotopic (exact) mass is 395 g/mol. The normalized spacial score (nSPS) is 11.8. The average Bonchev–Trinajstić information content (AvgIpc) is 3.23. The second kappa shape index (κ2) is 6.10. The minimum Gasteiger partial charge on any atom is -0.267 e. The van der Waals surface area contributed by atoms with E-state index in [0.717, 1.165) is 26.7 Å². The molecule has 0 saturated heterocycles. The molecule has 0 radical (unpaired) electrons. The second-order valence-electron chi connectivity index (χ2n) is 6.02. The van der Waals surface area contributed by atoms with Crippen molar-refractivity contribution in [2.45, 2.75) is 24.8 Å². The van der Waals surface area contributed by atoms with E-state index in [4.69, 9.17) is 4.98 Å². The highest BCUT2D eigenvalue weighted by Gasteiger charge is 2.14. The van der Waals surface area contributed by atoms with Crippen molar-refractivity contribution in [3.8, 4) is 0 Å². The standard InChI is InChI=1S/C17H13N7OS2/c1-9-7-14(25)23-17(18-9)27-13(22-23)8-26-16-20-12-6-4-3-5-11(12)15-19-10(2)21-24(15)16/h3-7H,8H2,1-2H3. The molecular weight excluding hydrogens is 382 g/mol. The summed E-state index contributed by atoms with van der Waals surface area (Å²) in [6, 6.07) is 9.37. The lowest BCUT2D eigenvalue weighted by atomic mass is 10.2. The van der Waals surface area contributed by atoms with E-state index in [1.165, 1.54) is 33.7 Å². The molecule has 1 aromatic carbocycles. The van der Waals surface area contributed by atoms with E-state index in [2.05, 4.69) is 20.2 Å². The Kier molecular flexibility index (Phi) is 3.69. The molecule has 0 fully saturated rings. The third-order valence-electron chi connectivity index (χ3n) is 3.99. The van der Waals surface area contributed by atoms with Crippen LogP contribution < -0.4 is 5.56 Å². The molecule has 0 N–H and O–H groups in total. The third-order valence-corrected chi connectivity index (χ3v) is 6.03. The zero-order chi connectivity index (χ0) is 18.5. The molecule has 0 amide bonds. The van der Waals surface area contributed by atoms with Gasteiger partial charge in [0.25, 0.3) is 5.56 Å². The van der Waals surface area contributed by atoms with Gasteiger partial charge in [0.15, 0.2) is 10.8 Å². The first-order valence-corrected chi connectivity index (χ1v) is 10.00. The van der Waals surface area contributed by atoms with Crippen LogP contribution in [0.3, 0.4) is 0 Å².